The van der Waals surface area contributed by atoms with Gasteiger partial charge in [0.15, 0.2) is 0 Å². The summed E-state index contributed by atoms with van der Waals surface area (Å²) >= 11 is 0. The SMILES string of the molecule is O=CO.O=CO.Oc1cccnc1. The van der Waals surface area contributed by atoms with Gasteiger partial charge >= 0.3 is 0 Å². The highest BCUT2D eigenvalue weighted by Gasteiger charge is 1.76. The second-order valence-corrected chi connectivity index (χ2v) is 1.42. The summed E-state index contributed by atoms with van der Waals surface area (Å²) in [6, 6.07) is 3.25. The van der Waals surface area contributed by atoms with E-state index in [0.717, 1.165) is 0 Å². The summed E-state index contributed by atoms with van der Waals surface area (Å²) in [7, 11) is 0. The van der Waals surface area contributed by atoms with Gasteiger partial charge in [-0.25, -0.2) is 0 Å². The van der Waals surface area contributed by atoms with Gasteiger partial charge in [0.1, 0.15) is 5.75 Å². The number of nitrogens with zero attached hydrogens (tertiary/aromatic N) is 1. The minimum atomic E-state index is -0.250. The lowest BCUT2D eigenvalue weighted by Crippen LogP contribution is -1.64. The van der Waals surface area contributed by atoms with Crippen LogP contribution in [0.15, 0.2) is 24.5 Å². The second-order valence-electron chi connectivity index (χ2n) is 1.42. The zero-order valence-electron chi connectivity index (χ0n) is 6.57. The standard InChI is InChI=1S/C5H5NO.2CH2O2/c7-5-2-1-3-6-4-5;2*2-1-3/h1-4,7H;2*1H,(H,2,3). The van der Waals surface area contributed by atoms with Crippen molar-refractivity contribution in [1.29, 1.82) is 0 Å². The molecule has 0 bridgehead atoms. The molecule has 0 saturated carbocycles. The molecule has 0 fully saturated rings. The van der Waals surface area contributed by atoms with E-state index in [9.17, 15) is 0 Å². The van der Waals surface area contributed by atoms with E-state index in [1.165, 1.54) is 6.20 Å². The largest absolute Gasteiger partial charge is 0.506 e. The summed E-state index contributed by atoms with van der Waals surface area (Å²) in [5, 5.41) is 22.3. The van der Waals surface area contributed by atoms with Crippen LogP contribution in [0, 0.1) is 0 Å². The zero-order valence-corrected chi connectivity index (χ0v) is 6.57. The maximum Gasteiger partial charge on any atom is 0.290 e. The van der Waals surface area contributed by atoms with Crippen LogP contribution in [0.3, 0.4) is 0 Å². The number of hydrogen-bond donors (Lipinski definition) is 3. The summed E-state index contributed by atoms with van der Waals surface area (Å²) in [6.07, 6.45) is 3.00. The monoisotopic (exact) mass is 187 g/mol. The number of pyridine rings is 1. The topological polar surface area (TPSA) is 108 Å². The number of aromatic hydroxyl groups is 1. The minimum Gasteiger partial charge on any atom is -0.506 e. The Bertz CT molecular complexity index is 207. The van der Waals surface area contributed by atoms with E-state index in [2.05, 4.69) is 4.98 Å². The Balaban J connectivity index is 0. The van der Waals surface area contributed by atoms with Crippen molar-refractivity contribution >= 4 is 12.9 Å². The lowest BCUT2D eigenvalue weighted by Gasteiger charge is -1.81. The first-order valence-corrected chi connectivity index (χ1v) is 2.97. The molecule has 0 aliphatic heterocycles. The lowest BCUT2D eigenvalue weighted by atomic mass is 10.5. The van der Waals surface area contributed by atoms with Gasteiger partial charge < -0.3 is 15.3 Å². The average molecular weight is 187 g/mol. The molecule has 0 saturated heterocycles. The van der Waals surface area contributed by atoms with Gasteiger partial charge in [-0.3, -0.25) is 14.6 Å². The molecule has 1 aromatic rings. The van der Waals surface area contributed by atoms with Crippen LogP contribution in [0.1, 0.15) is 0 Å². The smallest absolute Gasteiger partial charge is 0.290 e. The maximum absolute atomic E-state index is 8.57. The predicted octanol–water partition coefficient (Wildman–Crippen LogP) is 0.189. The van der Waals surface area contributed by atoms with Gasteiger partial charge in [0.25, 0.3) is 12.9 Å². The first kappa shape index (κ1) is 13.5. The number of carboxylic acid groups (broad SMARTS) is 2. The summed E-state index contributed by atoms with van der Waals surface area (Å²) < 4.78 is 0. The number of carbonyl (C=O) groups is 2. The molecule has 6 nitrogen and oxygen atoms in total. The van der Waals surface area contributed by atoms with E-state index in [1.54, 1.807) is 18.3 Å². The molecule has 6 heteroatoms. The molecule has 0 unspecified atom stereocenters. The van der Waals surface area contributed by atoms with Crippen molar-refractivity contribution in [2.45, 2.75) is 0 Å². The van der Waals surface area contributed by atoms with E-state index in [0.29, 0.717) is 0 Å². The van der Waals surface area contributed by atoms with Crippen LogP contribution < -0.4 is 0 Å². The summed E-state index contributed by atoms with van der Waals surface area (Å²) in [5.74, 6) is 0.211. The molecule has 0 aliphatic rings. The predicted molar refractivity (Wildman–Crippen MR) is 43.3 cm³/mol. The fourth-order valence-electron chi connectivity index (χ4n) is 0.354. The van der Waals surface area contributed by atoms with E-state index < -0.39 is 0 Å². The molecular weight excluding hydrogens is 178 g/mol. The number of hydrogen-bond acceptors (Lipinski definition) is 4. The van der Waals surface area contributed by atoms with Gasteiger partial charge in [-0.2, -0.15) is 0 Å². The fourth-order valence-corrected chi connectivity index (χ4v) is 0.354. The molecule has 1 aromatic heterocycles. The minimum absolute atomic E-state index is 0.211. The Hall–Kier alpha value is -2.11. The third-order valence-electron chi connectivity index (χ3n) is 0.646. The Morgan fingerprint density at radius 3 is 1.85 bits per heavy atom. The molecule has 0 atom stereocenters. The Morgan fingerprint density at radius 2 is 1.69 bits per heavy atom. The van der Waals surface area contributed by atoms with Gasteiger partial charge in [0, 0.05) is 6.20 Å². The van der Waals surface area contributed by atoms with Crippen LogP contribution in [0.4, 0.5) is 0 Å². The Morgan fingerprint density at radius 1 is 1.23 bits per heavy atom. The van der Waals surface area contributed by atoms with Crippen LogP contribution in [-0.4, -0.2) is 33.2 Å². The number of rotatable bonds is 0. The van der Waals surface area contributed by atoms with Gasteiger partial charge in [-0.15, -0.1) is 0 Å². The van der Waals surface area contributed by atoms with Crippen LogP contribution in [0.25, 0.3) is 0 Å². The van der Waals surface area contributed by atoms with Crippen molar-refractivity contribution in [2.75, 3.05) is 0 Å². The molecule has 1 heterocycles. The van der Waals surface area contributed by atoms with Gasteiger partial charge in [-0.05, 0) is 12.1 Å². The average Bonchev–Trinajstić information content (AvgIpc) is 2.08. The van der Waals surface area contributed by atoms with Crippen molar-refractivity contribution in [3.63, 3.8) is 0 Å². The third-order valence-corrected chi connectivity index (χ3v) is 0.646. The summed E-state index contributed by atoms with van der Waals surface area (Å²) in [4.78, 5) is 20.4. The van der Waals surface area contributed by atoms with E-state index >= 15 is 0 Å². The Kier molecular flexibility index (Phi) is 13.0. The van der Waals surface area contributed by atoms with Crippen molar-refractivity contribution in [3.8, 4) is 5.75 Å². The van der Waals surface area contributed by atoms with Gasteiger partial charge in [0.05, 0.1) is 6.20 Å². The van der Waals surface area contributed by atoms with Crippen LogP contribution >= 0.6 is 0 Å². The van der Waals surface area contributed by atoms with Crippen LogP contribution in [0.2, 0.25) is 0 Å². The van der Waals surface area contributed by atoms with Crippen LogP contribution in [0.5, 0.6) is 5.75 Å². The molecule has 0 aromatic carbocycles. The summed E-state index contributed by atoms with van der Waals surface area (Å²) in [5.41, 5.74) is 0. The Labute approximate surface area is 74.1 Å². The van der Waals surface area contributed by atoms with Gasteiger partial charge in [0.2, 0.25) is 0 Å². The van der Waals surface area contributed by atoms with E-state index in [1.807, 2.05) is 0 Å². The highest BCUT2D eigenvalue weighted by Crippen LogP contribution is 1.99. The van der Waals surface area contributed by atoms with E-state index in [4.69, 9.17) is 24.9 Å². The molecule has 3 N–H and O–H groups in total. The molecule has 0 spiro atoms. The molecule has 72 valence electrons. The molecule has 0 amide bonds. The van der Waals surface area contributed by atoms with E-state index in [-0.39, 0.29) is 18.7 Å². The van der Waals surface area contributed by atoms with Crippen molar-refractivity contribution < 1.29 is 24.9 Å². The molecular formula is C7H9NO5. The van der Waals surface area contributed by atoms with Crippen molar-refractivity contribution in [1.82, 2.24) is 4.98 Å². The fraction of sp³-hybridized carbons (Fsp3) is 0. The van der Waals surface area contributed by atoms with Crippen molar-refractivity contribution in [3.05, 3.63) is 24.5 Å². The van der Waals surface area contributed by atoms with Gasteiger partial charge in [-0.1, -0.05) is 0 Å². The first-order chi connectivity index (χ1) is 6.22. The quantitative estimate of drug-likeness (QED) is 0.500. The van der Waals surface area contributed by atoms with Crippen molar-refractivity contribution in [2.24, 2.45) is 0 Å². The molecule has 1 rings (SSSR count). The summed E-state index contributed by atoms with van der Waals surface area (Å²) in [6.45, 7) is -0.500. The van der Waals surface area contributed by atoms with Crippen LogP contribution in [-0.2, 0) is 9.59 Å². The first-order valence-electron chi connectivity index (χ1n) is 2.97. The highest BCUT2D eigenvalue weighted by atomic mass is 16.3. The maximum atomic E-state index is 8.57. The lowest BCUT2D eigenvalue weighted by molar-refractivity contribution is -0.123. The second kappa shape index (κ2) is 12.6. The number of aromatic nitrogens is 1. The molecule has 13 heavy (non-hydrogen) atoms. The molecule has 0 radical (unpaired) electrons. The third kappa shape index (κ3) is 17.7. The highest BCUT2D eigenvalue weighted by molar-refractivity contribution is 5.33. The zero-order chi connectivity index (χ0) is 10.5. The normalized spacial score (nSPS) is 6.46. The molecule has 0 aliphatic carbocycles.